The van der Waals surface area contributed by atoms with Crippen molar-refractivity contribution in [3.8, 4) is 0 Å². The minimum atomic E-state index is -3.24. The van der Waals surface area contributed by atoms with Crippen molar-refractivity contribution in [2.45, 2.75) is 31.7 Å². The van der Waals surface area contributed by atoms with Crippen molar-refractivity contribution < 1.29 is 18.0 Å². The lowest BCUT2D eigenvalue weighted by atomic mass is 10.1. The van der Waals surface area contributed by atoms with Crippen LogP contribution in [0.5, 0.6) is 0 Å². The van der Waals surface area contributed by atoms with Crippen LogP contribution in [-0.4, -0.2) is 55.6 Å². The number of nitrogens with one attached hydrogen (secondary N) is 2. The van der Waals surface area contributed by atoms with Crippen LogP contribution in [0.25, 0.3) is 0 Å². The van der Waals surface area contributed by atoms with E-state index in [9.17, 15) is 18.0 Å². The zero-order chi connectivity index (χ0) is 14.8. The van der Waals surface area contributed by atoms with Crippen molar-refractivity contribution in [3.05, 3.63) is 0 Å². The SMILES string of the molecule is CS(=O)(=O)N1CCCC1CNC(=O)C1=NNC(=O)CC1. The molecule has 0 aromatic carbocycles. The zero-order valence-corrected chi connectivity index (χ0v) is 12.1. The number of hydrazone groups is 1. The molecule has 20 heavy (non-hydrogen) atoms. The van der Waals surface area contributed by atoms with Crippen molar-refractivity contribution >= 4 is 27.5 Å². The van der Waals surface area contributed by atoms with E-state index >= 15 is 0 Å². The molecule has 0 aromatic heterocycles. The first-order valence-electron chi connectivity index (χ1n) is 6.48. The maximum absolute atomic E-state index is 11.9. The zero-order valence-electron chi connectivity index (χ0n) is 11.3. The molecule has 2 N–H and O–H groups in total. The maximum atomic E-state index is 11.9. The van der Waals surface area contributed by atoms with E-state index < -0.39 is 10.0 Å². The molecule has 2 amide bonds. The highest BCUT2D eigenvalue weighted by atomic mass is 32.2. The molecule has 1 unspecified atom stereocenters. The van der Waals surface area contributed by atoms with E-state index in [1.807, 2.05) is 0 Å². The lowest BCUT2D eigenvalue weighted by Crippen LogP contribution is -2.45. The molecule has 0 radical (unpaired) electrons. The third kappa shape index (κ3) is 3.54. The van der Waals surface area contributed by atoms with E-state index in [0.29, 0.717) is 13.0 Å². The van der Waals surface area contributed by atoms with Gasteiger partial charge in [0.2, 0.25) is 15.9 Å². The van der Waals surface area contributed by atoms with Crippen LogP contribution in [0, 0.1) is 0 Å². The van der Waals surface area contributed by atoms with Crippen LogP contribution in [0.3, 0.4) is 0 Å². The van der Waals surface area contributed by atoms with Crippen molar-refractivity contribution in [1.82, 2.24) is 15.0 Å². The third-order valence-electron chi connectivity index (χ3n) is 3.41. The Bertz CT molecular complexity index is 543. The number of hydrogen-bond acceptors (Lipinski definition) is 5. The first-order valence-corrected chi connectivity index (χ1v) is 8.33. The van der Waals surface area contributed by atoms with Crippen LogP contribution in [0.2, 0.25) is 0 Å². The van der Waals surface area contributed by atoms with Gasteiger partial charge in [-0.05, 0) is 12.8 Å². The Morgan fingerprint density at radius 2 is 2.25 bits per heavy atom. The molecule has 112 valence electrons. The summed E-state index contributed by atoms with van der Waals surface area (Å²) in [6.45, 7) is 0.759. The molecule has 0 aliphatic carbocycles. The highest BCUT2D eigenvalue weighted by Gasteiger charge is 2.31. The van der Waals surface area contributed by atoms with Gasteiger partial charge in [0, 0.05) is 32.0 Å². The van der Waals surface area contributed by atoms with Gasteiger partial charge in [-0.25, -0.2) is 13.8 Å². The summed E-state index contributed by atoms with van der Waals surface area (Å²) in [7, 11) is -3.24. The minimum absolute atomic E-state index is 0.201. The normalized spacial score (nSPS) is 24.1. The van der Waals surface area contributed by atoms with Gasteiger partial charge in [0.15, 0.2) is 0 Å². The topological polar surface area (TPSA) is 108 Å². The number of amides is 2. The van der Waals surface area contributed by atoms with E-state index in [4.69, 9.17) is 0 Å². The van der Waals surface area contributed by atoms with E-state index in [2.05, 4.69) is 15.8 Å². The molecule has 2 aliphatic heterocycles. The summed E-state index contributed by atoms with van der Waals surface area (Å²) in [6.07, 6.45) is 3.25. The molecule has 2 rings (SSSR count). The van der Waals surface area contributed by atoms with Gasteiger partial charge in [-0.2, -0.15) is 9.41 Å². The average molecular weight is 302 g/mol. The van der Waals surface area contributed by atoms with Crippen LogP contribution >= 0.6 is 0 Å². The van der Waals surface area contributed by atoms with E-state index in [1.54, 1.807) is 0 Å². The Hall–Kier alpha value is -1.48. The van der Waals surface area contributed by atoms with Gasteiger partial charge < -0.3 is 5.32 Å². The molecule has 0 saturated carbocycles. The summed E-state index contributed by atoms with van der Waals surface area (Å²) in [5.41, 5.74) is 2.53. The molecule has 8 nitrogen and oxygen atoms in total. The molecule has 1 saturated heterocycles. The second-order valence-corrected chi connectivity index (χ2v) is 6.91. The highest BCUT2D eigenvalue weighted by Crippen LogP contribution is 2.19. The Kier molecular flexibility index (Phi) is 4.39. The van der Waals surface area contributed by atoms with E-state index in [-0.39, 0.29) is 36.5 Å². The van der Waals surface area contributed by atoms with Crippen LogP contribution < -0.4 is 10.7 Å². The van der Waals surface area contributed by atoms with E-state index in [0.717, 1.165) is 12.8 Å². The summed E-state index contributed by atoms with van der Waals surface area (Å²) < 4.78 is 24.6. The maximum Gasteiger partial charge on any atom is 0.267 e. The van der Waals surface area contributed by atoms with Gasteiger partial charge in [-0.1, -0.05) is 0 Å². The van der Waals surface area contributed by atoms with Crippen LogP contribution in [-0.2, 0) is 19.6 Å². The fourth-order valence-electron chi connectivity index (χ4n) is 2.40. The number of carbonyl (C=O) groups excluding carboxylic acids is 2. The van der Waals surface area contributed by atoms with Crippen molar-refractivity contribution in [2.75, 3.05) is 19.3 Å². The number of sulfonamides is 1. The first-order chi connectivity index (χ1) is 9.38. The van der Waals surface area contributed by atoms with Gasteiger partial charge in [-0.3, -0.25) is 9.59 Å². The van der Waals surface area contributed by atoms with Crippen LogP contribution in [0.15, 0.2) is 5.10 Å². The van der Waals surface area contributed by atoms with Gasteiger partial charge in [-0.15, -0.1) is 0 Å². The second kappa shape index (κ2) is 5.88. The molecule has 1 atom stereocenters. The molecule has 1 fully saturated rings. The van der Waals surface area contributed by atoms with Crippen LogP contribution in [0.1, 0.15) is 25.7 Å². The monoisotopic (exact) mass is 302 g/mol. The predicted molar refractivity (Wildman–Crippen MR) is 72.4 cm³/mol. The van der Waals surface area contributed by atoms with Crippen molar-refractivity contribution in [3.63, 3.8) is 0 Å². The highest BCUT2D eigenvalue weighted by molar-refractivity contribution is 7.88. The summed E-state index contributed by atoms with van der Waals surface area (Å²) in [4.78, 5) is 22.8. The van der Waals surface area contributed by atoms with Gasteiger partial charge >= 0.3 is 0 Å². The van der Waals surface area contributed by atoms with Gasteiger partial charge in [0.05, 0.1) is 6.26 Å². The summed E-state index contributed by atoms with van der Waals surface area (Å²) in [5.74, 6) is -0.564. The quantitative estimate of drug-likeness (QED) is 0.679. The van der Waals surface area contributed by atoms with Gasteiger partial charge in [0.25, 0.3) is 5.91 Å². The summed E-state index contributed by atoms with van der Waals surface area (Å²) >= 11 is 0. The Morgan fingerprint density at radius 3 is 2.85 bits per heavy atom. The third-order valence-corrected chi connectivity index (χ3v) is 4.75. The standard InChI is InChI=1S/C11H18N4O4S/c1-20(18,19)15-6-2-3-8(15)7-12-11(17)9-4-5-10(16)14-13-9/h8H,2-7H2,1H3,(H,12,17)(H,14,16). The number of hydrogen-bond donors (Lipinski definition) is 2. The Labute approximate surface area is 117 Å². The fraction of sp³-hybridized carbons (Fsp3) is 0.727. The average Bonchev–Trinajstić information content (AvgIpc) is 2.85. The molecule has 0 spiro atoms. The molecule has 2 heterocycles. The smallest absolute Gasteiger partial charge is 0.267 e. The Balaban J connectivity index is 1.89. The molecular weight excluding hydrogens is 284 g/mol. The number of nitrogens with zero attached hydrogens (tertiary/aromatic N) is 2. The molecule has 0 bridgehead atoms. The summed E-state index contributed by atoms with van der Waals surface area (Å²) in [6, 6.07) is -0.201. The minimum Gasteiger partial charge on any atom is -0.349 e. The molecule has 2 aliphatic rings. The first kappa shape index (κ1) is 14.9. The molecule has 0 aromatic rings. The lowest BCUT2D eigenvalue weighted by molar-refractivity contribution is -0.121. The second-order valence-electron chi connectivity index (χ2n) is 4.97. The summed E-state index contributed by atoms with van der Waals surface area (Å²) in [5, 5.41) is 6.38. The van der Waals surface area contributed by atoms with Crippen molar-refractivity contribution in [1.29, 1.82) is 0 Å². The van der Waals surface area contributed by atoms with E-state index in [1.165, 1.54) is 10.6 Å². The molecular formula is C11H18N4O4S. The number of rotatable bonds is 4. The van der Waals surface area contributed by atoms with Crippen LogP contribution in [0.4, 0.5) is 0 Å². The van der Waals surface area contributed by atoms with Crippen molar-refractivity contribution in [2.24, 2.45) is 5.10 Å². The number of carbonyl (C=O) groups is 2. The van der Waals surface area contributed by atoms with Gasteiger partial charge in [0.1, 0.15) is 5.71 Å². The predicted octanol–water partition coefficient (Wildman–Crippen LogP) is -1.21. The lowest BCUT2D eigenvalue weighted by Gasteiger charge is -2.22. The fourth-order valence-corrected chi connectivity index (χ4v) is 3.58. The molecule has 9 heteroatoms. The Morgan fingerprint density at radius 1 is 1.50 bits per heavy atom. The largest absolute Gasteiger partial charge is 0.349 e.